The summed E-state index contributed by atoms with van der Waals surface area (Å²) >= 11 is 11.7. The van der Waals surface area contributed by atoms with E-state index in [2.05, 4.69) is 0 Å². The molecule has 0 aliphatic rings. The van der Waals surface area contributed by atoms with Gasteiger partial charge in [-0.3, -0.25) is 0 Å². The van der Waals surface area contributed by atoms with E-state index in [1.54, 1.807) is 0 Å². The van der Waals surface area contributed by atoms with Crippen molar-refractivity contribution in [2.75, 3.05) is 0 Å². The molecule has 0 fully saturated rings. The topological polar surface area (TPSA) is 0 Å². The lowest BCUT2D eigenvalue weighted by molar-refractivity contribution is 0.507. The fourth-order valence-electron chi connectivity index (χ4n) is 1.63. The molecule has 0 aliphatic heterocycles. The van der Waals surface area contributed by atoms with Crippen LogP contribution in [0.25, 0.3) is 0 Å². The van der Waals surface area contributed by atoms with Crippen molar-refractivity contribution in [3.8, 4) is 0 Å². The molecule has 0 aromatic heterocycles. The van der Waals surface area contributed by atoms with Crippen molar-refractivity contribution in [1.82, 2.24) is 0 Å². The average Bonchev–Trinajstić information content (AvgIpc) is 2.31. The molecule has 0 aliphatic carbocycles. The van der Waals surface area contributed by atoms with Gasteiger partial charge in [0.25, 0.3) is 0 Å². The summed E-state index contributed by atoms with van der Waals surface area (Å²) in [5.74, 6) is -3.90. The highest BCUT2D eigenvalue weighted by molar-refractivity contribution is 6.33. The first kappa shape index (κ1) is 14.2. The highest BCUT2D eigenvalue weighted by atomic mass is 35.5. The Morgan fingerprint density at radius 3 is 1.89 bits per heavy atom. The second-order valence-electron chi connectivity index (χ2n) is 3.85. The predicted molar refractivity (Wildman–Crippen MR) is 65.4 cm³/mol. The highest BCUT2D eigenvalue weighted by Gasteiger charge is 2.18. The van der Waals surface area contributed by atoms with Crippen LogP contribution < -0.4 is 0 Å². The van der Waals surface area contributed by atoms with E-state index in [0.717, 1.165) is 24.3 Å². The molecule has 2 aromatic rings. The van der Waals surface area contributed by atoms with Gasteiger partial charge in [0.15, 0.2) is 11.6 Å². The van der Waals surface area contributed by atoms with Crippen LogP contribution in [0, 0.1) is 23.3 Å². The number of hydrogen-bond donors (Lipinski definition) is 0. The SMILES string of the molecule is Fc1cc(F)cc(C(Cl)c2cc(F)c(F)cc2Cl)c1. The molecule has 100 valence electrons. The van der Waals surface area contributed by atoms with Gasteiger partial charge >= 0.3 is 0 Å². The average molecular weight is 309 g/mol. The van der Waals surface area contributed by atoms with Gasteiger partial charge in [-0.15, -0.1) is 11.6 Å². The molecule has 0 spiro atoms. The quantitative estimate of drug-likeness (QED) is 0.405. The first-order chi connectivity index (χ1) is 8.88. The molecule has 0 N–H and O–H groups in total. The zero-order chi connectivity index (χ0) is 14.2. The van der Waals surface area contributed by atoms with Crippen molar-refractivity contribution in [3.05, 3.63) is 69.8 Å². The Morgan fingerprint density at radius 1 is 0.789 bits per heavy atom. The Hall–Kier alpha value is -1.26. The Balaban J connectivity index is 2.49. The summed E-state index contributed by atoms with van der Waals surface area (Å²) in [6.07, 6.45) is 0. The minimum Gasteiger partial charge on any atom is -0.207 e. The van der Waals surface area contributed by atoms with E-state index in [0.29, 0.717) is 6.07 Å². The highest BCUT2D eigenvalue weighted by Crippen LogP contribution is 2.35. The second-order valence-corrected chi connectivity index (χ2v) is 4.70. The fraction of sp³-hybridized carbons (Fsp3) is 0.0769. The van der Waals surface area contributed by atoms with Crippen molar-refractivity contribution >= 4 is 23.2 Å². The maximum Gasteiger partial charge on any atom is 0.160 e. The van der Waals surface area contributed by atoms with Gasteiger partial charge in [-0.25, -0.2) is 17.6 Å². The summed E-state index contributed by atoms with van der Waals surface area (Å²) < 4.78 is 52.2. The van der Waals surface area contributed by atoms with Gasteiger partial charge in [0.2, 0.25) is 0 Å². The lowest BCUT2D eigenvalue weighted by atomic mass is 10.0. The van der Waals surface area contributed by atoms with E-state index >= 15 is 0 Å². The molecule has 19 heavy (non-hydrogen) atoms. The van der Waals surface area contributed by atoms with E-state index in [1.165, 1.54) is 0 Å². The van der Waals surface area contributed by atoms with Gasteiger partial charge in [0, 0.05) is 11.1 Å². The first-order valence-electron chi connectivity index (χ1n) is 5.13. The molecule has 0 radical (unpaired) electrons. The van der Waals surface area contributed by atoms with Crippen molar-refractivity contribution in [1.29, 1.82) is 0 Å². The van der Waals surface area contributed by atoms with Crippen LogP contribution in [0.3, 0.4) is 0 Å². The van der Waals surface area contributed by atoms with Crippen molar-refractivity contribution < 1.29 is 17.6 Å². The molecule has 6 heteroatoms. The fourth-order valence-corrected chi connectivity index (χ4v) is 2.26. The third-order valence-corrected chi connectivity index (χ3v) is 3.30. The van der Waals surface area contributed by atoms with Crippen LogP contribution in [0.2, 0.25) is 5.02 Å². The van der Waals surface area contributed by atoms with Gasteiger partial charge in [-0.2, -0.15) is 0 Å². The standard InChI is InChI=1S/C13H6Cl2F4/c14-10-5-12(19)11(18)4-9(10)13(15)6-1-7(16)3-8(17)2-6/h1-5,13H. The molecule has 0 saturated heterocycles. The molecule has 0 amide bonds. The lowest BCUT2D eigenvalue weighted by Gasteiger charge is -2.13. The minimum absolute atomic E-state index is 0.0345. The lowest BCUT2D eigenvalue weighted by Crippen LogP contribution is -1.99. The van der Waals surface area contributed by atoms with E-state index in [9.17, 15) is 17.6 Å². The Labute approximate surface area is 116 Å². The third kappa shape index (κ3) is 3.01. The molecular formula is C13H6Cl2F4. The third-order valence-electron chi connectivity index (χ3n) is 2.49. The molecule has 0 nitrogen and oxygen atoms in total. The largest absolute Gasteiger partial charge is 0.207 e. The Morgan fingerprint density at radius 2 is 1.32 bits per heavy atom. The van der Waals surface area contributed by atoms with E-state index in [1.807, 2.05) is 0 Å². The summed E-state index contributed by atoms with van der Waals surface area (Å²) in [6.45, 7) is 0. The number of alkyl halides is 1. The van der Waals surface area contributed by atoms with Crippen molar-refractivity contribution in [2.24, 2.45) is 0 Å². The molecule has 0 bridgehead atoms. The Kier molecular flexibility index (Phi) is 4.02. The van der Waals surface area contributed by atoms with Crippen molar-refractivity contribution in [3.63, 3.8) is 0 Å². The van der Waals surface area contributed by atoms with Crippen LogP contribution in [0.1, 0.15) is 16.5 Å². The summed E-state index contributed by atoms with van der Waals surface area (Å²) in [4.78, 5) is 0. The number of benzene rings is 2. The molecule has 2 rings (SSSR count). The summed E-state index contributed by atoms with van der Waals surface area (Å²) in [5, 5.41) is -1.21. The van der Waals surface area contributed by atoms with Crippen LogP contribution in [0.5, 0.6) is 0 Å². The van der Waals surface area contributed by atoms with Crippen molar-refractivity contribution in [2.45, 2.75) is 5.38 Å². The van der Waals surface area contributed by atoms with Gasteiger partial charge in [0.05, 0.1) is 5.38 Å². The smallest absolute Gasteiger partial charge is 0.160 e. The number of hydrogen-bond acceptors (Lipinski definition) is 0. The zero-order valence-electron chi connectivity index (χ0n) is 9.23. The van der Waals surface area contributed by atoms with Crippen LogP contribution in [0.15, 0.2) is 30.3 Å². The molecular weight excluding hydrogens is 303 g/mol. The van der Waals surface area contributed by atoms with Crippen LogP contribution in [0.4, 0.5) is 17.6 Å². The summed E-state index contributed by atoms with van der Waals surface area (Å²) in [5.41, 5.74) is 0.0966. The first-order valence-corrected chi connectivity index (χ1v) is 5.94. The van der Waals surface area contributed by atoms with Crippen LogP contribution >= 0.6 is 23.2 Å². The molecule has 0 saturated carbocycles. The Bertz CT molecular complexity index is 608. The zero-order valence-corrected chi connectivity index (χ0v) is 10.7. The molecule has 0 heterocycles. The van der Waals surface area contributed by atoms with Gasteiger partial charge in [-0.05, 0) is 35.4 Å². The predicted octanol–water partition coefficient (Wildman–Crippen LogP) is 5.22. The maximum atomic E-state index is 13.2. The molecule has 1 atom stereocenters. The van der Waals surface area contributed by atoms with E-state index in [4.69, 9.17) is 23.2 Å². The second kappa shape index (κ2) is 5.39. The van der Waals surface area contributed by atoms with Crippen LogP contribution in [-0.2, 0) is 0 Å². The maximum absolute atomic E-state index is 13.2. The van der Waals surface area contributed by atoms with E-state index in [-0.39, 0.29) is 16.1 Å². The van der Waals surface area contributed by atoms with Crippen LogP contribution in [-0.4, -0.2) is 0 Å². The molecule has 1 unspecified atom stereocenters. The minimum atomic E-state index is -1.14. The van der Waals surface area contributed by atoms with Gasteiger partial charge in [0.1, 0.15) is 11.6 Å². The normalized spacial score (nSPS) is 12.5. The molecule has 2 aromatic carbocycles. The summed E-state index contributed by atoms with van der Waals surface area (Å²) in [6, 6.07) is 4.24. The number of rotatable bonds is 2. The number of halogens is 6. The monoisotopic (exact) mass is 308 g/mol. The van der Waals surface area contributed by atoms with Gasteiger partial charge < -0.3 is 0 Å². The van der Waals surface area contributed by atoms with E-state index < -0.39 is 28.6 Å². The summed E-state index contributed by atoms with van der Waals surface area (Å²) in [7, 11) is 0. The van der Waals surface area contributed by atoms with Gasteiger partial charge in [-0.1, -0.05) is 11.6 Å².